The van der Waals surface area contributed by atoms with Crippen molar-refractivity contribution in [3.05, 3.63) is 29.8 Å². The van der Waals surface area contributed by atoms with E-state index in [9.17, 15) is 13.2 Å². The normalized spacial score (nSPS) is 11.6. The average Bonchev–Trinajstić information content (AvgIpc) is 2.40. The second-order valence-corrected chi connectivity index (χ2v) is 6.15. The third-order valence-corrected chi connectivity index (χ3v) is 4.98. The van der Waals surface area contributed by atoms with Gasteiger partial charge in [0, 0.05) is 13.1 Å². The Bertz CT molecular complexity index is 533. The number of rotatable bonds is 7. The monoisotopic (exact) mass is 299 g/mol. The molecule has 0 saturated heterocycles. The summed E-state index contributed by atoms with van der Waals surface area (Å²) in [6.45, 7) is 6.56. The summed E-state index contributed by atoms with van der Waals surface area (Å²) in [6, 6.07) is 6.35. The summed E-state index contributed by atoms with van der Waals surface area (Å²) < 4.78 is 30.8. The lowest BCUT2D eigenvalue weighted by Gasteiger charge is -2.18. The van der Waals surface area contributed by atoms with Gasteiger partial charge in [0.05, 0.1) is 17.9 Å². The van der Waals surface area contributed by atoms with E-state index in [2.05, 4.69) is 0 Å². The lowest BCUT2D eigenvalue weighted by Crippen LogP contribution is -2.30. The number of hydrogen-bond donors (Lipinski definition) is 0. The molecule has 0 fully saturated rings. The van der Waals surface area contributed by atoms with Gasteiger partial charge in [0.2, 0.25) is 10.0 Å². The number of carbonyl (C=O) groups is 1. The second kappa shape index (κ2) is 7.40. The minimum atomic E-state index is -3.44. The zero-order chi connectivity index (χ0) is 15.2. The van der Waals surface area contributed by atoms with Crippen LogP contribution in [0.5, 0.6) is 0 Å². The van der Waals surface area contributed by atoms with Gasteiger partial charge in [0.15, 0.2) is 0 Å². The quantitative estimate of drug-likeness (QED) is 0.721. The van der Waals surface area contributed by atoms with Crippen LogP contribution in [0.15, 0.2) is 29.2 Å². The molecule has 0 heterocycles. The van der Waals surface area contributed by atoms with Crippen molar-refractivity contribution in [2.75, 3.05) is 19.7 Å². The maximum atomic E-state index is 12.3. The molecule has 0 aliphatic heterocycles. The molecule has 112 valence electrons. The molecule has 20 heavy (non-hydrogen) atoms. The predicted molar refractivity (Wildman–Crippen MR) is 76.9 cm³/mol. The molecule has 0 N–H and O–H groups in total. The predicted octanol–water partition coefficient (Wildman–Crippen LogP) is 1.82. The molecule has 0 aromatic heterocycles. The van der Waals surface area contributed by atoms with Gasteiger partial charge in [-0.25, -0.2) is 8.42 Å². The Balaban J connectivity index is 2.88. The number of carbonyl (C=O) groups excluding carboxylic acids is 1. The summed E-state index contributed by atoms with van der Waals surface area (Å²) in [7, 11) is -3.44. The molecule has 0 amide bonds. The van der Waals surface area contributed by atoms with Crippen LogP contribution in [-0.4, -0.2) is 38.4 Å². The van der Waals surface area contributed by atoms with Crippen molar-refractivity contribution < 1.29 is 17.9 Å². The number of sulfonamides is 1. The van der Waals surface area contributed by atoms with Crippen molar-refractivity contribution in [2.24, 2.45) is 0 Å². The molecule has 0 atom stereocenters. The maximum Gasteiger partial charge on any atom is 0.310 e. The van der Waals surface area contributed by atoms with E-state index in [1.807, 2.05) is 0 Å². The van der Waals surface area contributed by atoms with Gasteiger partial charge in [0.25, 0.3) is 0 Å². The first-order chi connectivity index (χ1) is 9.45. The first-order valence-corrected chi connectivity index (χ1v) is 8.14. The van der Waals surface area contributed by atoms with E-state index in [1.165, 1.54) is 16.4 Å². The lowest BCUT2D eigenvalue weighted by atomic mass is 10.1. The highest BCUT2D eigenvalue weighted by Crippen LogP contribution is 2.16. The smallest absolute Gasteiger partial charge is 0.310 e. The zero-order valence-electron chi connectivity index (χ0n) is 12.1. The number of ether oxygens (including phenoxy) is 1. The van der Waals surface area contributed by atoms with Gasteiger partial charge in [-0.2, -0.15) is 4.31 Å². The minimum absolute atomic E-state index is 0.152. The summed E-state index contributed by atoms with van der Waals surface area (Å²) >= 11 is 0. The molecule has 0 aliphatic rings. The van der Waals surface area contributed by atoms with Crippen LogP contribution in [0.1, 0.15) is 26.3 Å². The highest BCUT2D eigenvalue weighted by Gasteiger charge is 2.21. The van der Waals surface area contributed by atoms with E-state index in [-0.39, 0.29) is 17.3 Å². The molecule has 0 unspecified atom stereocenters. The number of benzene rings is 1. The van der Waals surface area contributed by atoms with E-state index >= 15 is 0 Å². The van der Waals surface area contributed by atoms with Gasteiger partial charge in [0.1, 0.15) is 0 Å². The van der Waals surface area contributed by atoms with Gasteiger partial charge >= 0.3 is 5.97 Å². The molecule has 0 bridgehead atoms. The van der Waals surface area contributed by atoms with E-state index in [1.54, 1.807) is 32.9 Å². The third kappa shape index (κ3) is 4.05. The van der Waals surface area contributed by atoms with Crippen LogP contribution in [-0.2, 0) is 26.0 Å². The highest BCUT2D eigenvalue weighted by atomic mass is 32.2. The summed E-state index contributed by atoms with van der Waals surface area (Å²) in [5.74, 6) is -0.313. The molecule has 1 aromatic carbocycles. The molecule has 1 aromatic rings. The van der Waals surface area contributed by atoms with Crippen LogP contribution in [0.25, 0.3) is 0 Å². The average molecular weight is 299 g/mol. The first-order valence-electron chi connectivity index (χ1n) is 6.70. The van der Waals surface area contributed by atoms with E-state index in [4.69, 9.17) is 4.74 Å². The van der Waals surface area contributed by atoms with Crippen LogP contribution >= 0.6 is 0 Å². The molecule has 6 heteroatoms. The fourth-order valence-electron chi connectivity index (χ4n) is 1.87. The minimum Gasteiger partial charge on any atom is -0.466 e. The van der Waals surface area contributed by atoms with Crippen LogP contribution < -0.4 is 0 Å². The fourth-order valence-corrected chi connectivity index (χ4v) is 3.33. The summed E-state index contributed by atoms with van der Waals surface area (Å²) in [5.41, 5.74) is 0.738. The van der Waals surface area contributed by atoms with Crippen LogP contribution in [0, 0.1) is 0 Å². The summed E-state index contributed by atoms with van der Waals surface area (Å²) in [6.07, 6.45) is 0.152. The van der Waals surface area contributed by atoms with E-state index in [0.29, 0.717) is 19.7 Å². The van der Waals surface area contributed by atoms with Gasteiger partial charge in [-0.15, -0.1) is 0 Å². The van der Waals surface area contributed by atoms with Crippen LogP contribution in [0.2, 0.25) is 0 Å². The third-order valence-electron chi connectivity index (χ3n) is 2.92. The van der Waals surface area contributed by atoms with Crippen molar-refractivity contribution >= 4 is 16.0 Å². The molecule has 1 rings (SSSR count). The molecule has 0 radical (unpaired) electrons. The van der Waals surface area contributed by atoms with Gasteiger partial charge in [-0.1, -0.05) is 26.0 Å². The number of esters is 1. The Morgan fingerprint density at radius 1 is 1.10 bits per heavy atom. The molecule has 0 spiro atoms. The van der Waals surface area contributed by atoms with Crippen LogP contribution in [0.3, 0.4) is 0 Å². The number of hydrogen-bond acceptors (Lipinski definition) is 4. The molecular formula is C14H21NO4S. The van der Waals surface area contributed by atoms with Crippen molar-refractivity contribution in [3.8, 4) is 0 Å². The Morgan fingerprint density at radius 3 is 2.10 bits per heavy atom. The van der Waals surface area contributed by atoms with Crippen molar-refractivity contribution in [3.63, 3.8) is 0 Å². The summed E-state index contributed by atoms with van der Waals surface area (Å²) in [5, 5.41) is 0. The zero-order valence-corrected chi connectivity index (χ0v) is 12.9. The Hall–Kier alpha value is -1.40. The number of nitrogens with zero attached hydrogens (tertiary/aromatic N) is 1. The maximum absolute atomic E-state index is 12.3. The SMILES string of the molecule is CCOC(=O)Cc1ccc(S(=O)(=O)N(CC)CC)cc1. The standard InChI is InChI=1S/C14H21NO4S/c1-4-15(5-2)20(17,18)13-9-7-12(8-10-13)11-14(16)19-6-3/h7-10H,4-6,11H2,1-3H3. The molecule has 0 saturated carbocycles. The Morgan fingerprint density at radius 2 is 1.65 bits per heavy atom. The first kappa shape index (κ1) is 16.7. The van der Waals surface area contributed by atoms with Crippen molar-refractivity contribution in [2.45, 2.75) is 32.1 Å². The Labute approximate surface area is 120 Å². The van der Waals surface area contributed by atoms with E-state index < -0.39 is 10.0 Å². The molecule has 0 aliphatic carbocycles. The van der Waals surface area contributed by atoms with E-state index in [0.717, 1.165) is 5.56 Å². The Kier molecular flexibility index (Phi) is 6.16. The van der Waals surface area contributed by atoms with Gasteiger partial charge < -0.3 is 4.74 Å². The topological polar surface area (TPSA) is 63.7 Å². The lowest BCUT2D eigenvalue weighted by molar-refractivity contribution is -0.142. The largest absolute Gasteiger partial charge is 0.466 e. The van der Waals surface area contributed by atoms with Crippen molar-refractivity contribution in [1.29, 1.82) is 0 Å². The second-order valence-electron chi connectivity index (χ2n) is 4.22. The highest BCUT2D eigenvalue weighted by molar-refractivity contribution is 7.89. The fraction of sp³-hybridized carbons (Fsp3) is 0.500. The molecular weight excluding hydrogens is 278 g/mol. The van der Waals surface area contributed by atoms with Gasteiger partial charge in [-0.05, 0) is 24.6 Å². The summed E-state index contributed by atoms with van der Waals surface area (Å²) in [4.78, 5) is 11.6. The van der Waals surface area contributed by atoms with Gasteiger partial charge in [-0.3, -0.25) is 4.79 Å². The van der Waals surface area contributed by atoms with Crippen molar-refractivity contribution in [1.82, 2.24) is 4.31 Å². The van der Waals surface area contributed by atoms with Crippen LogP contribution in [0.4, 0.5) is 0 Å². The molecule has 5 nitrogen and oxygen atoms in total.